The fourth-order valence-electron chi connectivity index (χ4n) is 3.08. The van der Waals surface area contributed by atoms with E-state index >= 15 is 0 Å². The first kappa shape index (κ1) is 16.5. The Morgan fingerprint density at radius 2 is 1.96 bits per heavy atom. The van der Waals surface area contributed by atoms with Crippen LogP contribution in [0.25, 0.3) is 0 Å². The van der Waals surface area contributed by atoms with Crippen LogP contribution in [0.15, 0.2) is 24.3 Å². The van der Waals surface area contributed by atoms with Crippen LogP contribution in [-0.2, 0) is 20.6 Å². The van der Waals surface area contributed by atoms with Crippen molar-refractivity contribution in [3.63, 3.8) is 0 Å². The third-order valence-corrected chi connectivity index (χ3v) is 6.37. The summed E-state index contributed by atoms with van der Waals surface area (Å²) >= 11 is 0. The van der Waals surface area contributed by atoms with E-state index in [2.05, 4.69) is 0 Å². The van der Waals surface area contributed by atoms with Gasteiger partial charge in [-0.1, -0.05) is 29.8 Å². The second-order valence-electron chi connectivity index (χ2n) is 6.60. The third-order valence-electron chi connectivity index (χ3n) is 4.52. The Bertz CT molecular complexity index is 683. The molecule has 1 amide bonds. The van der Waals surface area contributed by atoms with E-state index in [1.54, 1.807) is 4.31 Å². The lowest BCUT2D eigenvalue weighted by molar-refractivity contribution is -0.132. The Morgan fingerprint density at radius 3 is 2.65 bits per heavy atom. The molecule has 1 aliphatic carbocycles. The Balaban J connectivity index is 1.64. The van der Waals surface area contributed by atoms with Crippen molar-refractivity contribution in [2.45, 2.75) is 31.9 Å². The predicted octanol–water partition coefficient (Wildman–Crippen LogP) is 1.77. The zero-order valence-electron chi connectivity index (χ0n) is 13.6. The molecular formula is C17H24N2O3S. The highest BCUT2D eigenvalue weighted by molar-refractivity contribution is 7.88. The van der Waals surface area contributed by atoms with Gasteiger partial charge in [0.05, 0.1) is 5.75 Å². The molecule has 1 saturated carbocycles. The van der Waals surface area contributed by atoms with Crippen molar-refractivity contribution in [2.75, 3.05) is 26.2 Å². The first-order chi connectivity index (χ1) is 11.0. The standard InChI is InChI=1S/C17H24N2O3S/c1-14-4-2-5-15(12-14)13-23(21,22)19-9-3-8-18(10-11-19)17(20)16-6-7-16/h2,4-5,12,16H,3,6-11,13H2,1H3. The molecule has 0 bridgehead atoms. The van der Waals surface area contributed by atoms with E-state index < -0.39 is 10.0 Å². The van der Waals surface area contributed by atoms with Crippen LogP contribution in [0.1, 0.15) is 30.4 Å². The predicted molar refractivity (Wildman–Crippen MR) is 89.3 cm³/mol. The number of hydrogen-bond acceptors (Lipinski definition) is 3. The molecule has 1 aliphatic heterocycles. The highest BCUT2D eigenvalue weighted by Gasteiger charge is 2.35. The summed E-state index contributed by atoms with van der Waals surface area (Å²) in [7, 11) is -3.33. The quantitative estimate of drug-likeness (QED) is 0.842. The van der Waals surface area contributed by atoms with Crippen molar-refractivity contribution in [3.8, 4) is 0 Å². The lowest BCUT2D eigenvalue weighted by Crippen LogP contribution is -2.38. The highest BCUT2D eigenvalue weighted by atomic mass is 32.2. The highest BCUT2D eigenvalue weighted by Crippen LogP contribution is 2.31. The maximum Gasteiger partial charge on any atom is 0.225 e. The summed E-state index contributed by atoms with van der Waals surface area (Å²) in [4.78, 5) is 14.0. The number of nitrogens with zero attached hydrogens (tertiary/aromatic N) is 2. The fourth-order valence-corrected chi connectivity index (χ4v) is 4.64. The number of benzene rings is 1. The lowest BCUT2D eigenvalue weighted by Gasteiger charge is -2.22. The Hall–Kier alpha value is -1.40. The summed E-state index contributed by atoms with van der Waals surface area (Å²) < 4.78 is 26.9. The van der Waals surface area contributed by atoms with E-state index in [1.165, 1.54) is 0 Å². The third kappa shape index (κ3) is 4.12. The molecule has 0 atom stereocenters. The molecule has 1 aromatic rings. The summed E-state index contributed by atoms with van der Waals surface area (Å²) in [6.45, 7) is 4.06. The van der Waals surface area contributed by atoms with Gasteiger partial charge in [-0.25, -0.2) is 8.42 Å². The van der Waals surface area contributed by atoms with Crippen molar-refractivity contribution >= 4 is 15.9 Å². The molecule has 0 aromatic heterocycles. The van der Waals surface area contributed by atoms with Gasteiger partial charge in [0.2, 0.25) is 15.9 Å². The van der Waals surface area contributed by atoms with E-state index in [-0.39, 0.29) is 17.6 Å². The molecule has 126 valence electrons. The van der Waals surface area contributed by atoms with Gasteiger partial charge < -0.3 is 4.90 Å². The molecule has 1 heterocycles. The lowest BCUT2D eigenvalue weighted by atomic mass is 10.2. The van der Waals surface area contributed by atoms with Gasteiger partial charge in [0.1, 0.15) is 0 Å². The Kier molecular flexibility index (Phi) is 4.73. The van der Waals surface area contributed by atoms with E-state index in [0.29, 0.717) is 32.6 Å². The van der Waals surface area contributed by atoms with Crippen molar-refractivity contribution in [2.24, 2.45) is 5.92 Å². The minimum atomic E-state index is -3.33. The van der Waals surface area contributed by atoms with E-state index in [0.717, 1.165) is 24.0 Å². The van der Waals surface area contributed by atoms with Crippen LogP contribution in [-0.4, -0.2) is 49.7 Å². The molecule has 5 nitrogen and oxygen atoms in total. The minimum Gasteiger partial charge on any atom is -0.341 e. The molecule has 23 heavy (non-hydrogen) atoms. The largest absolute Gasteiger partial charge is 0.341 e. The number of hydrogen-bond donors (Lipinski definition) is 0. The number of rotatable bonds is 4. The summed E-state index contributed by atoms with van der Waals surface area (Å²) in [5.74, 6) is 0.444. The van der Waals surface area contributed by atoms with E-state index in [9.17, 15) is 13.2 Å². The molecule has 1 aromatic carbocycles. The molecule has 2 fully saturated rings. The minimum absolute atomic E-state index is 0.0330. The summed E-state index contributed by atoms with van der Waals surface area (Å²) in [6.07, 6.45) is 2.70. The average molecular weight is 336 g/mol. The molecule has 0 N–H and O–H groups in total. The van der Waals surface area contributed by atoms with Crippen molar-refractivity contribution in [1.29, 1.82) is 0 Å². The number of amides is 1. The van der Waals surface area contributed by atoms with Gasteiger partial charge in [0, 0.05) is 32.1 Å². The molecular weight excluding hydrogens is 312 g/mol. The summed E-state index contributed by atoms with van der Waals surface area (Å²) in [6, 6.07) is 7.62. The van der Waals surface area contributed by atoms with Crippen LogP contribution in [0, 0.1) is 12.8 Å². The molecule has 6 heteroatoms. The van der Waals surface area contributed by atoms with Crippen molar-refractivity contribution < 1.29 is 13.2 Å². The van der Waals surface area contributed by atoms with Crippen LogP contribution in [0.2, 0.25) is 0 Å². The first-order valence-electron chi connectivity index (χ1n) is 8.28. The topological polar surface area (TPSA) is 57.7 Å². The first-order valence-corrected chi connectivity index (χ1v) is 9.89. The van der Waals surface area contributed by atoms with Gasteiger partial charge in [-0.3, -0.25) is 4.79 Å². The molecule has 2 aliphatic rings. The number of sulfonamides is 1. The van der Waals surface area contributed by atoms with Crippen LogP contribution in [0.5, 0.6) is 0 Å². The molecule has 0 spiro atoms. The van der Waals surface area contributed by atoms with E-state index in [4.69, 9.17) is 0 Å². The maximum absolute atomic E-state index is 12.7. The zero-order valence-corrected chi connectivity index (χ0v) is 14.4. The van der Waals surface area contributed by atoms with Crippen LogP contribution < -0.4 is 0 Å². The molecule has 0 unspecified atom stereocenters. The van der Waals surface area contributed by atoms with Gasteiger partial charge in [-0.2, -0.15) is 4.31 Å². The smallest absolute Gasteiger partial charge is 0.225 e. The second-order valence-corrected chi connectivity index (χ2v) is 8.57. The maximum atomic E-state index is 12.7. The number of carbonyl (C=O) groups excluding carboxylic acids is 1. The van der Waals surface area contributed by atoms with Crippen LogP contribution in [0.4, 0.5) is 0 Å². The zero-order chi connectivity index (χ0) is 16.4. The van der Waals surface area contributed by atoms with Crippen LogP contribution in [0.3, 0.4) is 0 Å². The second kappa shape index (κ2) is 6.61. The monoisotopic (exact) mass is 336 g/mol. The fraction of sp³-hybridized carbons (Fsp3) is 0.588. The molecule has 1 saturated heterocycles. The van der Waals surface area contributed by atoms with Gasteiger partial charge in [-0.05, 0) is 31.7 Å². The van der Waals surface area contributed by atoms with Gasteiger partial charge >= 0.3 is 0 Å². The number of aryl methyl sites for hydroxylation is 1. The Morgan fingerprint density at radius 1 is 1.17 bits per heavy atom. The molecule has 3 rings (SSSR count). The van der Waals surface area contributed by atoms with Crippen LogP contribution >= 0.6 is 0 Å². The summed E-state index contributed by atoms with van der Waals surface area (Å²) in [5, 5.41) is 0. The summed E-state index contributed by atoms with van der Waals surface area (Å²) in [5.41, 5.74) is 1.88. The van der Waals surface area contributed by atoms with Crippen molar-refractivity contribution in [3.05, 3.63) is 35.4 Å². The van der Waals surface area contributed by atoms with Gasteiger partial charge in [0.25, 0.3) is 0 Å². The normalized spacial score (nSPS) is 20.3. The van der Waals surface area contributed by atoms with Gasteiger partial charge in [-0.15, -0.1) is 0 Å². The Labute approximate surface area is 138 Å². The average Bonchev–Trinajstić information content (AvgIpc) is 3.33. The van der Waals surface area contributed by atoms with Crippen molar-refractivity contribution in [1.82, 2.24) is 9.21 Å². The number of carbonyl (C=O) groups is 1. The molecule has 0 radical (unpaired) electrons. The van der Waals surface area contributed by atoms with E-state index in [1.807, 2.05) is 36.1 Å². The van der Waals surface area contributed by atoms with Gasteiger partial charge in [0.15, 0.2) is 0 Å². The SMILES string of the molecule is Cc1cccc(CS(=O)(=O)N2CCCN(C(=O)C3CC3)CC2)c1.